The number of imidazole rings is 1. The predicted octanol–water partition coefficient (Wildman–Crippen LogP) is 4.05. The van der Waals surface area contributed by atoms with E-state index in [0.717, 1.165) is 53.3 Å². The largest absolute Gasteiger partial charge is 0.341 e. The smallest absolute Gasteiger partial charge is 0.274 e. The molecule has 1 saturated heterocycles. The average molecular weight is 562 g/mol. The fourth-order valence-electron chi connectivity index (χ4n) is 5.15. The first-order chi connectivity index (χ1) is 19.2. The molecule has 0 saturated carbocycles. The minimum absolute atomic E-state index is 0.0229. The number of para-hydroxylation sites is 1. The Kier molecular flexibility index (Phi) is 7.44. The van der Waals surface area contributed by atoms with Crippen LogP contribution < -0.4 is 16.2 Å². The monoisotopic (exact) mass is 561 g/mol. The number of hydrogen-bond acceptors (Lipinski definition) is 6. The standard InChI is InChI=1S/C28H31N7O4S/c1-5-23(37)30-21-13-22(40-25(21)19-14-29-33(4)27(19)39)26(38)32-28-31-20-11-8-9-16(2)24(20)35(28)18-10-6-7-12-34(15-18)17(3)36/h5,8-9,11,13-14,18,29H,1,6-7,10,12,15H2,2-4H3,(H,30,37)(H,31,32,38)/t18-/m1/s1. The molecule has 1 atom stereocenters. The Bertz CT molecular complexity index is 1690. The molecule has 12 heteroatoms. The molecule has 0 radical (unpaired) electrons. The number of thiophene rings is 1. The Labute approximate surface area is 234 Å². The van der Waals surface area contributed by atoms with E-state index in [0.29, 0.717) is 40.0 Å². The third kappa shape index (κ3) is 5.09. The van der Waals surface area contributed by atoms with Crippen LogP contribution in [0.4, 0.5) is 11.6 Å². The maximum Gasteiger partial charge on any atom is 0.274 e. The number of anilines is 2. The van der Waals surface area contributed by atoms with E-state index in [1.54, 1.807) is 20.0 Å². The molecular formula is C28H31N7O4S. The highest BCUT2D eigenvalue weighted by Crippen LogP contribution is 2.37. The van der Waals surface area contributed by atoms with Gasteiger partial charge in [0.05, 0.1) is 38.1 Å². The van der Waals surface area contributed by atoms with E-state index in [2.05, 4.69) is 22.3 Å². The second kappa shape index (κ2) is 11.0. The molecule has 1 aliphatic heterocycles. The Morgan fingerprint density at radius 3 is 2.73 bits per heavy atom. The molecule has 0 unspecified atom stereocenters. The molecule has 1 aliphatic rings. The lowest BCUT2D eigenvalue weighted by molar-refractivity contribution is -0.129. The molecule has 1 fully saturated rings. The van der Waals surface area contributed by atoms with Crippen LogP contribution in [-0.2, 0) is 16.6 Å². The number of aromatic amines is 1. The van der Waals surface area contributed by atoms with Gasteiger partial charge >= 0.3 is 0 Å². The van der Waals surface area contributed by atoms with Gasteiger partial charge in [0.25, 0.3) is 11.5 Å². The van der Waals surface area contributed by atoms with Crippen molar-refractivity contribution < 1.29 is 14.4 Å². The lowest BCUT2D eigenvalue weighted by Crippen LogP contribution is -2.34. The third-order valence-electron chi connectivity index (χ3n) is 7.18. The Balaban J connectivity index is 1.55. The van der Waals surface area contributed by atoms with Gasteiger partial charge in [-0.1, -0.05) is 18.7 Å². The summed E-state index contributed by atoms with van der Waals surface area (Å²) in [6, 6.07) is 7.31. The van der Waals surface area contributed by atoms with Crippen molar-refractivity contribution >= 4 is 51.7 Å². The van der Waals surface area contributed by atoms with Crippen LogP contribution >= 0.6 is 11.3 Å². The first kappa shape index (κ1) is 27.1. The minimum atomic E-state index is -0.459. The normalized spacial score (nSPS) is 15.6. The first-order valence-corrected chi connectivity index (χ1v) is 13.9. The SMILES string of the molecule is C=CC(=O)Nc1cc(C(=O)Nc2nc3cccc(C)c3n2[C@@H]2CCCCN(C(C)=O)C2)sc1-c1c[nH]n(C)c1=O. The molecule has 0 aliphatic carbocycles. The predicted molar refractivity (Wildman–Crippen MR) is 156 cm³/mol. The molecule has 3 amide bonds. The molecule has 11 nitrogen and oxygen atoms in total. The lowest BCUT2D eigenvalue weighted by Gasteiger charge is -2.26. The number of aromatic nitrogens is 4. The van der Waals surface area contributed by atoms with Gasteiger partial charge in [0.15, 0.2) is 0 Å². The van der Waals surface area contributed by atoms with Crippen LogP contribution in [0.5, 0.6) is 0 Å². The quantitative estimate of drug-likeness (QED) is 0.306. The summed E-state index contributed by atoms with van der Waals surface area (Å²) in [6.07, 6.45) is 5.36. The number of rotatable bonds is 6. The minimum Gasteiger partial charge on any atom is -0.341 e. The summed E-state index contributed by atoms with van der Waals surface area (Å²) in [4.78, 5) is 58.1. The number of amides is 3. The first-order valence-electron chi connectivity index (χ1n) is 13.0. The number of carbonyl (C=O) groups is 3. The van der Waals surface area contributed by atoms with Gasteiger partial charge in [0.1, 0.15) is 0 Å². The van der Waals surface area contributed by atoms with Crippen LogP contribution in [0.25, 0.3) is 21.5 Å². The van der Waals surface area contributed by atoms with Gasteiger partial charge in [-0.05, 0) is 50.0 Å². The van der Waals surface area contributed by atoms with Gasteiger partial charge < -0.3 is 19.9 Å². The van der Waals surface area contributed by atoms with Crippen molar-refractivity contribution in [2.45, 2.75) is 39.2 Å². The van der Waals surface area contributed by atoms with E-state index in [1.165, 1.54) is 10.9 Å². The second-order valence-corrected chi connectivity index (χ2v) is 11.0. The summed E-state index contributed by atoms with van der Waals surface area (Å²) < 4.78 is 3.36. The number of aryl methyl sites for hydroxylation is 2. The van der Waals surface area contributed by atoms with Crippen molar-refractivity contribution in [3.63, 3.8) is 0 Å². The number of fused-ring (bicyclic) bond motifs is 1. The molecule has 4 aromatic rings. The van der Waals surface area contributed by atoms with Crippen LogP contribution in [0.15, 0.2) is 47.9 Å². The molecule has 4 heterocycles. The molecule has 0 bridgehead atoms. The van der Waals surface area contributed by atoms with Crippen molar-refractivity contribution in [2.75, 3.05) is 23.7 Å². The summed E-state index contributed by atoms with van der Waals surface area (Å²) >= 11 is 1.09. The molecule has 3 aromatic heterocycles. The van der Waals surface area contributed by atoms with Crippen LogP contribution in [0.3, 0.4) is 0 Å². The third-order valence-corrected chi connectivity index (χ3v) is 8.34. The summed E-state index contributed by atoms with van der Waals surface area (Å²) in [7, 11) is 1.59. The van der Waals surface area contributed by atoms with Gasteiger partial charge in [-0.25, -0.2) is 4.98 Å². The number of likely N-dealkylation sites (tertiary alicyclic amines) is 1. The van der Waals surface area contributed by atoms with Crippen molar-refractivity contribution in [2.24, 2.45) is 7.05 Å². The number of hydrogen-bond donors (Lipinski definition) is 3. The summed E-state index contributed by atoms with van der Waals surface area (Å²) in [5.74, 6) is -0.480. The maximum atomic E-state index is 13.7. The molecular weight excluding hydrogens is 530 g/mol. The van der Waals surface area contributed by atoms with Gasteiger partial charge in [0.2, 0.25) is 17.8 Å². The van der Waals surface area contributed by atoms with Crippen LogP contribution in [0, 0.1) is 6.92 Å². The van der Waals surface area contributed by atoms with Gasteiger partial charge in [0, 0.05) is 33.3 Å². The second-order valence-electron chi connectivity index (χ2n) is 9.91. The van der Waals surface area contributed by atoms with E-state index in [9.17, 15) is 19.2 Å². The van der Waals surface area contributed by atoms with E-state index < -0.39 is 11.8 Å². The van der Waals surface area contributed by atoms with E-state index in [-0.39, 0.29) is 17.5 Å². The van der Waals surface area contributed by atoms with Crippen molar-refractivity contribution in [1.82, 2.24) is 24.2 Å². The van der Waals surface area contributed by atoms with Gasteiger partial charge in [-0.15, -0.1) is 11.3 Å². The number of nitrogens with one attached hydrogen (secondary N) is 3. The number of carbonyl (C=O) groups excluding carboxylic acids is 3. The van der Waals surface area contributed by atoms with Crippen molar-refractivity contribution in [3.05, 3.63) is 63.9 Å². The molecule has 40 heavy (non-hydrogen) atoms. The van der Waals surface area contributed by atoms with Gasteiger partial charge in [-0.2, -0.15) is 0 Å². The highest BCUT2D eigenvalue weighted by molar-refractivity contribution is 7.18. The summed E-state index contributed by atoms with van der Waals surface area (Å²) in [5.41, 5.74) is 3.05. The van der Waals surface area contributed by atoms with Crippen LogP contribution in [0.2, 0.25) is 0 Å². The van der Waals surface area contributed by atoms with E-state index in [4.69, 9.17) is 4.98 Å². The highest BCUT2D eigenvalue weighted by atomic mass is 32.1. The maximum absolute atomic E-state index is 13.7. The molecule has 208 valence electrons. The number of nitrogens with zero attached hydrogens (tertiary/aromatic N) is 4. The number of benzene rings is 1. The van der Waals surface area contributed by atoms with E-state index >= 15 is 0 Å². The Morgan fingerprint density at radius 2 is 2.02 bits per heavy atom. The molecule has 0 spiro atoms. The van der Waals surface area contributed by atoms with E-state index in [1.807, 2.05) is 34.6 Å². The molecule has 5 rings (SSSR count). The summed E-state index contributed by atoms with van der Waals surface area (Å²) in [6.45, 7) is 8.30. The zero-order valence-corrected chi connectivity index (χ0v) is 23.4. The number of H-pyrrole nitrogens is 1. The van der Waals surface area contributed by atoms with Gasteiger partial charge in [-0.3, -0.25) is 29.2 Å². The average Bonchev–Trinajstić information content (AvgIpc) is 3.53. The fourth-order valence-corrected chi connectivity index (χ4v) is 6.17. The lowest BCUT2D eigenvalue weighted by atomic mass is 10.1. The highest BCUT2D eigenvalue weighted by Gasteiger charge is 2.28. The molecule has 3 N–H and O–H groups in total. The summed E-state index contributed by atoms with van der Waals surface area (Å²) in [5, 5.41) is 8.51. The van der Waals surface area contributed by atoms with Crippen LogP contribution in [-0.4, -0.2) is 55.0 Å². The Morgan fingerprint density at radius 1 is 1.23 bits per heavy atom. The Hall–Kier alpha value is -4.45. The topological polar surface area (TPSA) is 134 Å². The molecule has 1 aromatic carbocycles. The zero-order valence-electron chi connectivity index (χ0n) is 22.6. The zero-order chi connectivity index (χ0) is 28.6. The van der Waals surface area contributed by atoms with Crippen molar-refractivity contribution in [3.8, 4) is 10.4 Å². The van der Waals surface area contributed by atoms with Crippen molar-refractivity contribution in [1.29, 1.82) is 0 Å². The fraction of sp³-hybridized carbons (Fsp3) is 0.321. The van der Waals surface area contributed by atoms with Crippen LogP contribution in [0.1, 0.15) is 47.5 Å².